The number of hydrogen-bond acceptors (Lipinski definition) is 4. The highest BCUT2D eigenvalue weighted by Crippen LogP contribution is 2.26. The number of benzene rings is 2. The van der Waals surface area contributed by atoms with Gasteiger partial charge in [-0.15, -0.1) is 10.2 Å². The van der Waals surface area contributed by atoms with Gasteiger partial charge in [0.15, 0.2) is 11.8 Å². The van der Waals surface area contributed by atoms with E-state index in [1.54, 1.807) is 13.4 Å². The molecule has 0 unspecified atom stereocenters. The lowest BCUT2D eigenvalue weighted by molar-refractivity contribution is 0.474. The van der Waals surface area contributed by atoms with Gasteiger partial charge in [-0.3, -0.25) is 4.99 Å². The molecule has 2 aromatic carbocycles. The molecule has 0 aliphatic heterocycles. The minimum absolute atomic E-state index is 0.539. The number of ether oxygens (including phenoxy) is 1. The average Bonchev–Trinajstić information content (AvgIpc) is 3.09. The van der Waals surface area contributed by atoms with Crippen molar-refractivity contribution in [3.8, 4) is 11.5 Å². The lowest BCUT2D eigenvalue weighted by Gasteiger charge is -2.15. The summed E-state index contributed by atoms with van der Waals surface area (Å²) in [6.07, 6.45) is 1.67. The van der Waals surface area contributed by atoms with Crippen LogP contribution in [0, 0.1) is 6.92 Å². The summed E-state index contributed by atoms with van der Waals surface area (Å²) in [4.78, 5) is 4.26. The molecule has 0 amide bonds. The van der Waals surface area contributed by atoms with Gasteiger partial charge in [-0.05, 0) is 30.7 Å². The average molecular weight is 364 g/mol. The van der Waals surface area contributed by atoms with Crippen LogP contribution in [-0.2, 0) is 20.1 Å². The Morgan fingerprint density at radius 1 is 1.11 bits per heavy atom. The van der Waals surface area contributed by atoms with Gasteiger partial charge in [0.2, 0.25) is 0 Å². The van der Waals surface area contributed by atoms with Crippen molar-refractivity contribution in [1.29, 1.82) is 0 Å². The lowest BCUT2D eigenvalue weighted by atomic mass is 10.1. The van der Waals surface area contributed by atoms with Crippen LogP contribution in [0.15, 0.2) is 59.9 Å². The smallest absolute Gasteiger partial charge is 0.191 e. The Labute approximate surface area is 159 Å². The molecule has 0 aliphatic rings. The molecule has 1 aromatic heterocycles. The Kier molecular flexibility index (Phi) is 6.04. The second kappa shape index (κ2) is 8.84. The highest BCUT2D eigenvalue weighted by Gasteiger charge is 2.08. The van der Waals surface area contributed by atoms with Gasteiger partial charge < -0.3 is 19.9 Å². The fraction of sp³-hybridized carbons (Fsp3) is 0.250. The van der Waals surface area contributed by atoms with E-state index in [-0.39, 0.29) is 0 Å². The van der Waals surface area contributed by atoms with E-state index < -0.39 is 0 Å². The molecule has 3 aromatic rings. The maximum Gasteiger partial charge on any atom is 0.191 e. The molecule has 2 N–H and O–H groups in total. The second-order valence-electron chi connectivity index (χ2n) is 6.16. The first-order valence-corrected chi connectivity index (χ1v) is 8.75. The highest BCUT2D eigenvalue weighted by atomic mass is 16.5. The van der Waals surface area contributed by atoms with Crippen molar-refractivity contribution in [2.24, 2.45) is 12.0 Å². The van der Waals surface area contributed by atoms with Gasteiger partial charge in [-0.1, -0.05) is 30.3 Å². The summed E-state index contributed by atoms with van der Waals surface area (Å²) >= 11 is 0. The van der Waals surface area contributed by atoms with Crippen molar-refractivity contribution < 1.29 is 4.74 Å². The van der Waals surface area contributed by atoms with Gasteiger partial charge in [0.25, 0.3) is 0 Å². The van der Waals surface area contributed by atoms with E-state index in [0.29, 0.717) is 19.0 Å². The van der Waals surface area contributed by atoms with E-state index >= 15 is 0 Å². The molecule has 7 nitrogen and oxygen atoms in total. The zero-order valence-corrected chi connectivity index (χ0v) is 15.8. The summed E-state index contributed by atoms with van der Waals surface area (Å²) in [6.45, 7) is 3.18. The number of para-hydroxylation sites is 1. The molecule has 0 radical (unpaired) electrons. The van der Waals surface area contributed by atoms with E-state index in [0.717, 1.165) is 28.5 Å². The number of nitrogens with zero attached hydrogens (tertiary/aromatic N) is 4. The molecule has 140 valence electrons. The molecule has 0 saturated heterocycles. The number of aromatic nitrogens is 3. The summed E-state index contributed by atoms with van der Waals surface area (Å²) in [5.41, 5.74) is 2.19. The molecule has 3 rings (SSSR count). The summed E-state index contributed by atoms with van der Waals surface area (Å²) < 4.78 is 7.94. The van der Waals surface area contributed by atoms with E-state index in [1.165, 1.54) is 0 Å². The molecular formula is C20H24N6O. The zero-order chi connectivity index (χ0) is 19.1. The van der Waals surface area contributed by atoms with Crippen LogP contribution in [0.3, 0.4) is 0 Å². The van der Waals surface area contributed by atoms with Crippen molar-refractivity contribution in [2.75, 3.05) is 7.05 Å². The third kappa shape index (κ3) is 5.07. The molecule has 7 heteroatoms. The molecule has 0 atom stereocenters. The van der Waals surface area contributed by atoms with Crippen LogP contribution in [-0.4, -0.2) is 27.8 Å². The monoisotopic (exact) mass is 364 g/mol. The van der Waals surface area contributed by atoms with Crippen LogP contribution < -0.4 is 15.4 Å². The van der Waals surface area contributed by atoms with Crippen LogP contribution in [0.2, 0.25) is 0 Å². The van der Waals surface area contributed by atoms with Crippen molar-refractivity contribution in [3.05, 3.63) is 71.8 Å². The van der Waals surface area contributed by atoms with Gasteiger partial charge in [0.05, 0.1) is 6.54 Å². The Morgan fingerprint density at radius 2 is 1.89 bits per heavy atom. The molecule has 27 heavy (non-hydrogen) atoms. The summed E-state index contributed by atoms with van der Waals surface area (Å²) in [7, 11) is 3.65. The summed E-state index contributed by atoms with van der Waals surface area (Å²) in [5, 5.41) is 14.5. The maximum absolute atomic E-state index is 6.07. The van der Waals surface area contributed by atoms with Crippen molar-refractivity contribution in [1.82, 2.24) is 25.4 Å². The van der Waals surface area contributed by atoms with E-state index in [9.17, 15) is 0 Å². The van der Waals surface area contributed by atoms with E-state index in [4.69, 9.17) is 4.74 Å². The number of aryl methyl sites for hydroxylation is 2. The van der Waals surface area contributed by atoms with E-state index in [2.05, 4.69) is 44.9 Å². The minimum Gasteiger partial charge on any atom is -0.457 e. The molecule has 0 saturated carbocycles. The number of rotatable bonds is 6. The van der Waals surface area contributed by atoms with Crippen molar-refractivity contribution in [3.63, 3.8) is 0 Å². The Hall–Kier alpha value is -3.35. The predicted octanol–water partition coefficient (Wildman–Crippen LogP) is 2.78. The van der Waals surface area contributed by atoms with Gasteiger partial charge in [-0.2, -0.15) is 0 Å². The SMILES string of the molecule is CN=C(NCc1ccc(C)cc1Oc1ccccc1)NCc1nncn1C. The van der Waals surface area contributed by atoms with Crippen LogP contribution in [0.5, 0.6) is 11.5 Å². The predicted molar refractivity (Wildman–Crippen MR) is 106 cm³/mol. The van der Waals surface area contributed by atoms with Crippen LogP contribution >= 0.6 is 0 Å². The fourth-order valence-electron chi connectivity index (χ4n) is 2.55. The van der Waals surface area contributed by atoms with Gasteiger partial charge >= 0.3 is 0 Å². The fourth-order valence-corrected chi connectivity index (χ4v) is 2.55. The molecule has 0 aliphatic carbocycles. The normalized spacial score (nSPS) is 11.3. The third-order valence-electron chi connectivity index (χ3n) is 4.08. The topological polar surface area (TPSA) is 76.4 Å². The Bertz CT molecular complexity index is 904. The largest absolute Gasteiger partial charge is 0.457 e. The first kappa shape index (κ1) is 18.4. The van der Waals surface area contributed by atoms with Crippen molar-refractivity contribution >= 4 is 5.96 Å². The second-order valence-corrected chi connectivity index (χ2v) is 6.16. The maximum atomic E-state index is 6.07. The summed E-state index contributed by atoms with van der Waals surface area (Å²) in [5.74, 6) is 3.16. The molecule has 1 heterocycles. The summed E-state index contributed by atoms with van der Waals surface area (Å²) in [6, 6.07) is 16.0. The van der Waals surface area contributed by atoms with Crippen LogP contribution in [0.25, 0.3) is 0 Å². The van der Waals surface area contributed by atoms with Crippen LogP contribution in [0.1, 0.15) is 17.0 Å². The molecule has 0 fully saturated rings. The Morgan fingerprint density at radius 3 is 2.59 bits per heavy atom. The number of nitrogens with one attached hydrogen (secondary N) is 2. The first-order valence-electron chi connectivity index (χ1n) is 8.75. The van der Waals surface area contributed by atoms with Crippen molar-refractivity contribution in [2.45, 2.75) is 20.0 Å². The molecule has 0 bridgehead atoms. The van der Waals surface area contributed by atoms with E-state index in [1.807, 2.05) is 48.0 Å². The van der Waals surface area contributed by atoms with Crippen LogP contribution in [0.4, 0.5) is 0 Å². The minimum atomic E-state index is 0.539. The Balaban J connectivity index is 1.65. The number of guanidine groups is 1. The van der Waals surface area contributed by atoms with Gasteiger partial charge in [0, 0.05) is 26.2 Å². The number of aliphatic imine (C=N–C) groups is 1. The number of hydrogen-bond donors (Lipinski definition) is 2. The van der Waals surface area contributed by atoms with Gasteiger partial charge in [0.1, 0.15) is 17.8 Å². The highest BCUT2D eigenvalue weighted by molar-refractivity contribution is 5.79. The first-order chi connectivity index (χ1) is 13.2. The molecular weight excluding hydrogens is 340 g/mol. The lowest BCUT2D eigenvalue weighted by Crippen LogP contribution is -2.37. The molecule has 0 spiro atoms. The standard InChI is InChI=1S/C20H24N6O/c1-15-9-10-16(18(11-15)27-17-7-5-4-6-8-17)12-22-20(21-2)23-13-19-25-24-14-26(19)3/h4-11,14H,12-13H2,1-3H3,(H2,21,22,23). The van der Waals surface area contributed by atoms with Gasteiger partial charge in [-0.25, -0.2) is 0 Å². The quantitative estimate of drug-likeness (QED) is 0.520. The third-order valence-corrected chi connectivity index (χ3v) is 4.08. The zero-order valence-electron chi connectivity index (χ0n) is 15.8.